The van der Waals surface area contributed by atoms with Crippen molar-refractivity contribution in [2.24, 2.45) is 0 Å². The number of benzene rings is 1. The minimum absolute atomic E-state index is 0.393. The molecule has 1 fully saturated rings. The second-order valence-corrected chi connectivity index (χ2v) is 6.08. The highest BCUT2D eigenvalue weighted by molar-refractivity contribution is 6.30. The van der Waals surface area contributed by atoms with Crippen molar-refractivity contribution in [2.45, 2.75) is 37.8 Å². The van der Waals surface area contributed by atoms with Gasteiger partial charge in [0.1, 0.15) is 5.75 Å². The van der Waals surface area contributed by atoms with Crippen molar-refractivity contribution in [1.29, 1.82) is 0 Å². The van der Waals surface area contributed by atoms with Crippen molar-refractivity contribution < 1.29 is 9.84 Å². The monoisotopic (exact) mass is 283 g/mol. The highest BCUT2D eigenvalue weighted by Gasteiger charge is 2.35. The van der Waals surface area contributed by atoms with E-state index >= 15 is 0 Å². The molecule has 1 aliphatic heterocycles. The van der Waals surface area contributed by atoms with E-state index in [1.54, 1.807) is 7.11 Å². The zero-order valence-corrected chi connectivity index (χ0v) is 12.6. The Morgan fingerprint density at radius 3 is 2.89 bits per heavy atom. The number of nitrogens with zero attached hydrogens (tertiary/aromatic N) is 1. The highest BCUT2D eigenvalue weighted by Crippen LogP contribution is 2.33. The smallest absolute Gasteiger partial charge is 0.122 e. The summed E-state index contributed by atoms with van der Waals surface area (Å²) in [7, 11) is 3.75. The van der Waals surface area contributed by atoms with Gasteiger partial charge in [-0.2, -0.15) is 0 Å². The lowest BCUT2D eigenvalue weighted by Crippen LogP contribution is -2.48. The molecule has 2 unspecified atom stereocenters. The van der Waals surface area contributed by atoms with Gasteiger partial charge in [0.05, 0.1) is 12.7 Å². The summed E-state index contributed by atoms with van der Waals surface area (Å²) in [4.78, 5) is 2.28. The van der Waals surface area contributed by atoms with E-state index < -0.39 is 5.60 Å². The van der Waals surface area contributed by atoms with Crippen LogP contribution in [0.15, 0.2) is 18.2 Å². The standard InChI is InChI=1S/C15H22ClNO2/c1-11-9-15(18,6-7-17(11)2)10-12-8-13(16)4-5-14(12)19-3/h4-5,8,11,18H,6-7,9-10H2,1-3H3. The van der Waals surface area contributed by atoms with Gasteiger partial charge in [0.25, 0.3) is 0 Å². The molecule has 19 heavy (non-hydrogen) atoms. The van der Waals surface area contributed by atoms with E-state index in [2.05, 4.69) is 18.9 Å². The lowest BCUT2D eigenvalue weighted by molar-refractivity contribution is -0.0356. The molecule has 0 aromatic heterocycles. The number of aliphatic hydroxyl groups is 1. The number of hydrogen-bond acceptors (Lipinski definition) is 3. The Morgan fingerprint density at radius 2 is 2.26 bits per heavy atom. The van der Waals surface area contributed by atoms with Gasteiger partial charge >= 0.3 is 0 Å². The molecule has 2 atom stereocenters. The van der Waals surface area contributed by atoms with E-state index in [4.69, 9.17) is 16.3 Å². The number of piperidine rings is 1. The first-order chi connectivity index (χ1) is 8.93. The maximum Gasteiger partial charge on any atom is 0.122 e. The second-order valence-electron chi connectivity index (χ2n) is 5.64. The van der Waals surface area contributed by atoms with Gasteiger partial charge in [0.15, 0.2) is 0 Å². The van der Waals surface area contributed by atoms with Crippen molar-refractivity contribution in [1.82, 2.24) is 4.90 Å². The van der Waals surface area contributed by atoms with Gasteiger partial charge in [-0.25, -0.2) is 0 Å². The van der Waals surface area contributed by atoms with Crippen molar-refractivity contribution >= 4 is 11.6 Å². The molecule has 1 heterocycles. The quantitative estimate of drug-likeness (QED) is 0.926. The van der Waals surface area contributed by atoms with E-state index in [9.17, 15) is 5.11 Å². The normalized spacial score (nSPS) is 28.4. The number of methoxy groups -OCH3 is 1. The fraction of sp³-hybridized carbons (Fsp3) is 0.600. The van der Waals surface area contributed by atoms with Crippen molar-refractivity contribution in [2.75, 3.05) is 20.7 Å². The molecule has 0 saturated carbocycles. The van der Waals surface area contributed by atoms with Crippen LogP contribution in [0.5, 0.6) is 5.75 Å². The number of hydrogen-bond donors (Lipinski definition) is 1. The topological polar surface area (TPSA) is 32.7 Å². The Labute approximate surface area is 120 Å². The molecule has 0 radical (unpaired) electrons. The van der Waals surface area contributed by atoms with Crippen LogP contribution >= 0.6 is 11.6 Å². The van der Waals surface area contributed by atoms with Crippen LogP contribution in [0, 0.1) is 0 Å². The summed E-state index contributed by atoms with van der Waals surface area (Å²) >= 11 is 6.04. The van der Waals surface area contributed by atoms with Crippen LogP contribution in [0.4, 0.5) is 0 Å². The average Bonchev–Trinajstić information content (AvgIpc) is 2.35. The summed E-state index contributed by atoms with van der Waals surface area (Å²) in [5.41, 5.74) is 0.318. The second kappa shape index (κ2) is 5.70. The van der Waals surface area contributed by atoms with Crippen LogP contribution in [0.1, 0.15) is 25.3 Å². The third-order valence-corrected chi connectivity index (χ3v) is 4.35. The molecule has 1 aromatic rings. The highest BCUT2D eigenvalue weighted by atomic mass is 35.5. The third-order valence-electron chi connectivity index (χ3n) is 4.12. The lowest BCUT2D eigenvalue weighted by atomic mass is 9.82. The van der Waals surface area contributed by atoms with Gasteiger partial charge in [0.2, 0.25) is 0 Å². The Balaban J connectivity index is 2.18. The Hall–Kier alpha value is -0.770. The third kappa shape index (κ3) is 3.41. The van der Waals surface area contributed by atoms with Gasteiger partial charge in [0, 0.05) is 24.0 Å². The van der Waals surface area contributed by atoms with E-state index in [1.165, 1.54) is 0 Å². The minimum Gasteiger partial charge on any atom is -0.496 e. The minimum atomic E-state index is -0.663. The van der Waals surface area contributed by atoms with E-state index in [1.807, 2.05) is 18.2 Å². The summed E-state index contributed by atoms with van der Waals surface area (Å²) in [5.74, 6) is 0.796. The molecule has 3 nitrogen and oxygen atoms in total. The summed E-state index contributed by atoms with van der Waals surface area (Å²) in [6, 6.07) is 5.95. The molecule has 1 N–H and O–H groups in total. The van der Waals surface area contributed by atoms with Crippen LogP contribution in [0.3, 0.4) is 0 Å². The Kier molecular flexibility index (Phi) is 4.39. The van der Waals surface area contributed by atoms with Gasteiger partial charge in [-0.3, -0.25) is 0 Å². The van der Waals surface area contributed by atoms with Gasteiger partial charge in [-0.1, -0.05) is 11.6 Å². The fourth-order valence-electron chi connectivity index (χ4n) is 2.81. The molecule has 1 aromatic carbocycles. The molecule has 4 heteroatoms. The Morgan fingerprint density at radius 1 is 1.53 bits per heavy atom. The summed E-state index contributed by atoms with van der Waals surface area (Å²) < 4.78 is 5.35. The first kappa shape index (κ1) is 14.6. The predicted octanol–water partition coefficient (Wildman–Crippen LogP) is 2.74. The molecule has 0 bridgehead atoms. The molecule has 1 saturated heterocycles. The maximum atomic E-state index is 10.8. The SMILES string of the molecule is COc1ccc(Cl)cc1CC1(O)CCN(C)C(C)C1. The van der Waals surface area contributed by atoms with Crippen molar-refractivity contribution in [3.63, 3.8) is 0 Å². The predicted molar refractivity (Wildman–Crippen MR) is 78.0 cm³/mol. The lowest BCUT2D eigenvalue weighted by Gasteiger charge is -2.41. The van der Waals surface area contributed by atoms with E-state index in [0.717, 1.165) is 30.7 Å². The number of likely N-dealkylation sites (tertiary alicyclic amines) is 1. The average molecular weight is 284 g/mol. The fourth-order valence-corrected chi connectivity index (χ4v) is 3.01. The van der Waals surface area contributed by atoms with Crippen LogP contribution in [-0.4, -0.2) is 42.4 Å². The first-order valence-electron chi connectivity index (χ1n) is 6.68. The number of rotatable bonds is 3. The summed E-state index contributed by atoms with van der Waals surface area (Å²) in [5, 5.41) is 11.5. The zero-order valence-electron chi connectivity index (χ0n) is 11.8. The first-order valence-corrected chi connectivity index (χ1v) is 7.06. The zero-order chi connectivity index (χ0) is 14.0. The molecule has 106 valence electrons. The maximum absolute atomic E-state index is 10.8. The molecular formula is C15H22ClNO2. The van der Waals surface area contributed by atoms with E-state index in [0.29, 0.717) is 17.5 Å². The molecule has 0 amide bonds. The Bertz CT molecular complexity index is 452. The number of ether oxygens (including phenoxy) is 1. The summed E-state index contributed by atoms with van der Waals surface area (Å²) in [6.07, 6.45) is 2.15. The largest absolute Gasteiger partial charge is 0.496 e. The van der Waals surface area contributed by atoms with Crippen molar-refractivity contribution in [3.8, 4) is 5.75 Å². The van der Waals surface area contributed by atoms with Crippen molar-refractivity contribution in [3.05, 3.63) is 28.8 Å². The molecule has 1 aliphatic rings. The van der Waals surface area contributed by atoms with Gasteiger partial charge in [-0.15, -0.1) is 0 Å². The molecular weight excluding hydrogens is 262 g/mol. The molecule has 0 aliphatic carbocycles. The van der Waals surface area contributed by atoms with Crippen LogP contribution in [0.25, 0.3) is 0 Å². The van der Waals surface area contributed by atoms with Crippen LogP contribution < -0.4 is 4.74 Å². The number of halogens is 1. The summed E-state index contributed by atoms with van der Waals surface area (Å²) in [6.45, 7) is 3.07. The molecule has 2 rings (SSSR count). The van der Waals surface area contributed by atoms with Crippen LogP contribution in [-0.2, 0) is 6.42 Å². The van der Waals surface area contributed by atoms with Crippen LogP contribution in [0.2, 0.25) is 5.02 Å². The van der Waals surface area contributed by atoms with Gasteiger partial charge < -0.3 is 14.7 Å². The molecule has 0 spiro atoms. The van der Waals surface area contributed by atoms with Gasteiger partial charge in [-0.05, 0) is 50.6 Å². The van der Waals surface area contributed by atoms with E-state index in [-0.39, 0.29) is 0 Å².